The molecule has 3 amide bonds. The van der Waals surface area contributed by atoms with Gasteiger partial charge >= 0.3 is 12.0 Å². The predicted octanol–water partition coefficient (Wildman–Crippen LogP) is 5.67. The molecule has 0 aromatic heterocycles. The lowest BCUT2D eigenvalue weighted by Crippen LogP contribution is -2.31. The molecule has 0 unspecified atom stereocenters. The molecule has 1 aliphatic heterocycles. The maximum absolute atomic E-state index is 13.0. The normalized spacial score (nSPS) is 13.0. The number of carbonyl (C=O) groups is 3. The van der Waals surface area contributed by atoms with Crippen molar-refractivity contribution in [1.29, 1.82) is 0 Å². The molecule has 4 rings (SSSR count). The average molecular weight is 487 g/mol. The molecule has 186 valence electrons. The van der Waals surface area contributed by atoms with Gasteiger partial charge in [-0.05, 0) is 68.7 Å². The summed E-state index contributed by atoms with van der Waals surface area (Å²) in [6.07, 6.45) is 3.32. The fraction of sp³-hybridized carbons (Fsp3) is 0.250. The fourth-order valence-corrected chi connectivity index (χ4v) is 4.27. The number of hydrogen-bond donors (Lipinski definition) is 3. The SMILES string of the molecule is COC(=O)c1ccccc1NC(=O)Nc1cc(NC(=O)c2cccc(C)c2)ccc1N1CCCCC1. The third-order valence-corrected chi connectivity index (χ3v) is 6.06. The first-order chi connectivity index (χ1) is 17.4. The Morgan fingerprint density at radius 2 is 1.56 bits per heavy atom. The zero-order chi connectivity index (χ0) is 25.5. The number of ether oxygens (including phenoxy) is 1. The monoisotopic (exact) mass is 486 g/mol. The Kier molecular flexibility index (Phi) is 7.85. The van der Waals surface area contributed by atoms with Crippen molar-refractivity contribution in [2.75, 3.05) is 41.0 Å². The lowest BCUT2D eigenvalue weighted by atomic mass is 10.1. The van der Waals surface area contributed by atoms with Crippen LogP contribution in [-0.2, 0) is 4.74 Å². The number of nitrogens with zero attached hydrogens (tertiary/aromatic N) is 1. The standard InChI is InChI=1S/C28H30N4O4/c1-19-9-8-10-20(17-19)26(33)29-21-13-14-25(32-15-6-3-7-16-32)24(18-21)31-28(35)30-23-12-5-4-11-22(23)27(34)36-2/h4-5,8-14,17-18H,3,6-7,15-16H2,1-2H3,(H,29,33)(H2,30,31,35). The summed E-state index contributed by atoms with van der Waals surface area (Å²) in [5.41, 5.74) is 4.14. The Morgan fingerprint density at radius 1 is 0.806 bits per heavy atom. The van der Waals surface area contributed by atoms with Crippen LogP contribution in [0.15, 0.2) is 66.7 Å². The number of methoxy groups -OCH3 is 1. The molecule has 0 aliphatic carbocycles. The predicted molar refractivity (Wildman–Crippen MR) is 142 cm³/mol. The molecule has 0 saturated carbocycles. The number of aryl methyl sites for hydroxylation is 1. The van der Waals surface area contributed by atoms with Crippen molar-refractivity contribution in [3.63, 3.8) is 0 Å². The van der Waals surface area contributed by atoms with Crippen molar-refractivity contribution >= 4 is 40.7 Å². The van der Waals surface area contributed by atoms with Crippen LogP contribution in [0.1, 0.15) is 45.5 Å². The van der Waals surface area contributed by atoms with Gasteiger partial charge in [-0.15, -0.1) is 0 Å². The third-order valence-electron chi connectivity index (χ3n) is 6.06. The molecule has 1 aliphatic rings. The number of esters is 1. The second kappa shape index (κ2) is 11.4. The van der Waals surface area contributed by atoms with Crippen LogP contribution in [-0.4, -0.2) is 38.1 Å². The Bertz CT molecular complexity index is 1270. The lowest BCUT2D eigenvalue weighted by molar-refractivity contribution is 0.0601. The first-order valence-electron chi connectivity index (χ1n) is 12.0. The van der Waals surface area contributed by atoms with Gasteiger partial charge in [0.05, 0.1) is 29.7 Å². The van der Waals surface area contributed by atoms with E-state index >= 15 is 0 Å². The highest BCUT2D eigenvalue weighted by Gasteiger charge is 2.19. The van der Waals surface area contributed by atoms with Crippen LogP contribution in [0.2, 0.25) is 0 Å². The average Bonchev–Trinajstić information content (AvgIpc) is 2.89. The van der Waals surface area contributed by atoms with E-state index in [-0.39, 0.29) is 11.5 Å². The number of amides is 3. The second-order valence-corrected chi connectivity index (χ2v) is 8.72. The summed E-state index contributed by atoms with van der Waals surface area (Å²) in [5.74, 6) is -0.771. The molecule has 3 N–H and O–H groups in total. The summed E-state index contributed by atoms with van der Waals surface area (Å²) in [6.45, 7) is 3.70. The Morgan fingerprint density at radius 3 is 2.31 bits per heavy atom. The van der Waals surface area contributed by atoms with E-state index in [0.29, 0.717) is 22.6 Å². The fourth-order valence-electron chi connectivity index (χ4n) is 4.27. The molecule has 0 atom stereocenters. The maximum atomic E-state index is 13.0. The van der Waals surface area contributed by atoms with Gasteiger partial charge in [0.15, 0.2) is 0 Å². The minimum atomic E-state index is -0.541. The first kappa shape index (κ1) is 24.8. The van der Waals surface area contributed by atoms with Crippen molar-refractivity contribution < 1.29 is 19.1 Å². The summed E-state index contributed by atoms with van der Waals surface area (Å²) in [5, 5.41) is 8.57. The van der Waals surface area contributed by atoms with Crippen LogP contribution in [0.3, 0.4) is 0 Å². The molecule has 8 heteroatoms. The van der Waals surface area contributed by atoms with Crippen LogP contribution in [0, 0.1) is 6.92 Å². The highest BCUT2D eigenvalue weighted by molar-refractivity contribution is 6.08. The number of piperidine rings is 1. The maximum Gasteiger partial charge on any atom is 0.339 e. The minimum Gasteiger partial charge on any atom is -0.465 e. The first-order valence-corrected chi connectivity index (χ1v) is 12.0. The molecule has 1 saturated heterocycles. The van der Waals surface area contributed by atoms with Gasteiger partial charge in [0.25, 0.3) is 5.91 Å². The van der Waals surface area contributed by atoms with Gasteiger partial charge in [-0.1, -0.05) is 29.8 Å². The van der Waals surface area contributed by atoms with Crippen molar-refractivity contribution in [2.24, 2.45) is 0 Å². The molecular formula is C28H30N4O4. The quantitative estimate of drug-likeness (QED) is 0.390. The summed E-state index contributed by atoms with van der Waals surface area (Å²) in [7, 11) is 1.29. The van der Waals surface area contributed by atoms with E-state index < -0.39 is 12.0 Å². The summed E-state index contributed by atoms with van der Waals surface area (Å²) in [6, 6.07) is 19.0. The van der Waals surface area contributed by atoms with E-state index in [1.807, 2.05) is 37.3 Å². The Balaban J connectivity index is 1.58. The van der Waals surface area contributed by atoms with Gasteiger partial charge < -0.3 is 25.6 Å². The molecule has 3 aromatic carbocycles. The van der Waals surface area contributed by atoms with E-state index in [2.05, 4.69) is 20.9 Å². The summed E-state index contributed by atoms with van der Waals surface area (Å²) < 4.78 is 4.81. The van der Waals surface area contributed by atoms with Crippen LogP contribution in [0.25, 0.3) is 0 Å². The molecule has 36 heavy (non-hydrogen) atoms. The van der Waals surface area contributed by atoms with Crippen LogP contribution >= 0.6 is 0 Å². The Labute approximate surface area is 210 Å². The smallest absolute Gasteiger partial charge is 0.339 e. The van der Waals surface area contributed by atoms with E-state index in [9.17, 15) is 14.4 Å². The number of hydrogen-bond acceptors (Lipinski definition) is 5. The number of nitrogens with one attached hydrogen (secondary N) is 3. The van der Waals surface area contributed by atoms with Crippen LogP contribution < -0.4 is 20.9 Å². The molecule has 1 fully saturated rings. The van der Waals surface area contributed by atoms with Gasteiger partial charge in [-0.25, -0.2) is 9.59 Å². The van der Waals surface area contributed by atoms with E-state index in [1.165, 1.54) is 13.5 Å². The zero-order valence-corrected chi connectivity index (χ0v) is 20.5. The number of benzene rings is 3. The Hall–Kier alpha value is -4.33. The summed E-state index contributed by atoms with van der Waals surface area (Å²) in [4.78, 5) is 40.1. The lowest BCUT2D eigenvalue weighted by Gasteiger charge is -2.31. The molecule has 8 nitrogen and oxygen atoms in total. The largest absolute Gasteiger partial charge is 0.465 e. The van der Waals surface area contributed by atoms with Crippen molar-refractivity contribution in [1.82, 2.24) is 0 Å². The van der Waals surface area contributed by atoms with Crippen molar-refractivity contribution in [3.8, 4) is 0 Å². The minimum absolute atomic E-state index is 0.230. The van der Waals surface area contributed by atoms with E-state index in [4.69, 9.17) is 4.74 Å². The molecular weight excluding hydrogens is 456 g/mol. The highest BCUT2D eigenvalue weighted by Crippen LogP contribution is 2.32. The molecule has 0 spiro atoms. The summed E-state index contributed by atoms with van der Waals surface area (Å²) >= 11 is 0. The van der Waals surface area contributed by atoms with Gasteiger partial charge in [0, 0.05) is 24.3 Å². The molecule has 3 aromatic rings. The second-order valence-electron chi connectivity index (χ2n) is 8.72. The van der Waals surface area contributed by atoms with Gasteiger partial charge in [0.1, 0.15) is 0 Å². The number of carbonyl (C=O) groups excluding carboxylic acids is 3. The topological polar surface area (TPSA) is 99.8 Å². The molecule has 0 bridgehead atoms. The molecule has 0 radical (unpaired) electrons. The van der Waals surface area contributed by atoms with Crippen LogP contribution in [0.4, 0.5) is 27.5 Å². The van der Waals surface area contributed by atoms with Gasteiger partial charge in [-0.2, -0.15) is 0 Å². The third kappa shape index (κ3) is 6.02. The zero-order valence-electron chi connectivity index (χ0n) is 20.5. The number of anilines is 4. The van der Waals surface area contributed by atoms with E-state index in [1.54, 1.807) is 36.4 Å². The highest BCUT2D eigenvalue weighted by atomic mass is 16.5. The van der Waals surface area contributed by atoms with Crippen LogP contribution in [0.5, 0.6) is 0 Å². The number of para-hydroxylation sites is 1. The number of urea groups is 1. The van der Waals surface area contributed by atoms with Crippen molar-refractivity contribution in [3.05, 3.63) is 83.4 Å². The van der Waals surface area contributed by atoms with Gasteiger partial charge in [-0.3, -0.25) is 4.79 Å². The molecule has 1 heterocycles. The van der Waals surface area contributed by atoms with Crippen molar-refractivity contribution in [2.45, 2.75) is 26.2 Å². The van der Waals surface area contributed by atoms with Gasteiger partial charge in [0.2, 0.25) is 0 Å². The number of rotatable bonds is 6. The van der Waals surface area contributed by atoms with E-state index in [0.717, 1.165) is 37.2 Å².